The number of amides is 1. The number of carbonyl (C=O) groups is 1. The highest BCUT2D eigenvalue weighted by molar-refractivity contribution is 7.89. The fraction of sp³-hybridized carbons (Fsp3) is 0.350. The van der Waals surface area contributed by atoms with Crippen LogP contribution in [0.5, 0.6) is 0 Å². The Balaban J connectivity index is 1.94. The van der Waals surface area contributed by atoms with E-state index in [1.165, 1.54) is 24.3 Å². The molecule has 0 unspecified atom stereocenters. The van der Waals surface area contributed by atoms with Gasteiger partial charge >= 0.3 is 0 Å². The first-order valence-electron chi connectivity index (χ1n) is 8.86. The van der Waals surface area contributed by atoms with Crippen molar-refractivity contribution in [2.45, 2.75) is 44.6 Å². The summed E-state index contributed by atoms with van der Waals surface area (Å²) in [4.78, 5) is 12.4. The van der Waals surface area contributed by atoms with Gasteiger partial charge in [-0.15, -0.1) is 0 Å². The molecule has 140 valence electrons. The van der Waals surface area contributed by atoms with Crippen LogP contribution in [0, 0.1) is 6.92 Å². The molecule has 0 saturated heterocycles. The number of aryl methyl sites for hydroxylation is 1. The Morgan fingerprint density at radius 1 is 1.04 bits per heavy atom. The van der Waals surface area contributed by atoms with Gasteiger partial charge in [0, 0.05) is 18.7 Å². The first-order valence-corrected chi connectivity index (χ1v) is 10.3. The summed E-state index contributed by atoms with van der Waals surface area (Å²) < 4.78 is 27.0. The molecule has 6 heteroatoms. The molecule has 2 N–H and O–H groups in total. The molecule has 26 heavy (non-hydrogen) atoms. The van der Waals surface area contributed by atoms with Gasteiger partial charge in [0.25, 0.3) is 5.91 Å². The fourth-order valence-electron chi connectivity index (χ4n) is 2.56. The van der Waals surface area contributed by atoms with Crippen LogP contribution < -0.4 is 10.0 Å². The molecule has 2 rings (SSSR count). The highest BCUT2D eigenvalue weighted by atomic mass is 32.2. The summed E-state index contributed by atoms with van der Waals surface area (Å²) in [7, 11) is -3.52. The van der Waals surface area contributed by atoms with Crippen LogP contribution in [0.2, 0.25) is 0 Å². The van der Waals surface area contributed by atoms with Crippen LogP contribution >= 0.6 is 0 Å². The maximum atomic E-state index is 12.2. The van der Waals surface area contributed by atoms with Gasteiger partial charge in [-0.2, -0.15) is 0 Å². The Morgan fingerprint density at radius 3 is 2.42 bits per heavy atom. The fourth-order valence-corrected chi connectivity index (χ4v) is 3.63. The van der Waals surface area contributed by atoms with Crippen molar-refractivity contribution in [2.75, 3.05) is 6.54 Å². The maximum Gasteiger partial charge on any atom is 0.251 e. The predicted molar refractivity (Wildman–Crippen MR) is 104 cm³/mol. The minimum absolute atomic E-state index is 0.171. The molecule has 5 nitrogen and oxygen atoms in total. The highest BCUT2D eigenvalue weighted by Gasteiger charge is 2.14. The Bertz CT molecular complexity index is 830. The van der Waals surface area contributed by atoms with Gasteiger partial charge in [0.15, 0.2) is 0 Å². The summed E-state index contributed by atoms with van der Waals surface area (Å²) in [5.74, 6) is -0.230. The second-order valence-corrected chi connectivity index (χ2v) is 8.07. The van der Waals surface area contributed by atoms with Crippen molar-refractivity contribution in [3.63, 3.8) is 0 Å². The number of nitrogens with one attached hydrogen (secondary N) is 2. The van der Waals surface area contributed by atoms with Crippen LogP contribution in [0.15, 0.2) is 53.4 Å². The van der Waals surface area contributed by atoms with E-state index in [2.05, 4.69) is 17.0 Å². The zero-order chi connectivity index (χ0) is 19.0. The Labute approximate surface area is 155 Å². The zero-order valence-corrected chi connectivity index (χ0v) is 16.1. The van der Waals surface area contributed by atoms with Crippen LogP contribution in [0.25, 0.3) is 0 Å². The maximum absolute atomic E-state index is 12.2. The van der Waals surface area contributed by atoms with Gasteiger partial charge in [-0.3, -0.25) is 4.79 Å². The van der Waals surface area contributed by atoms with Gasteiger partial charge in [-0.05, 0) is 43.2 Å². The molecule has 0 aliphatic heterocycles. The summed E-state index contributed by atoms with van der Waals surface area (Å²) in [5.41, 5.74) is 2.59. The second-order valence-electron chi connectivity index (χ2n) is 6.30. The second kappa shape index (κ2) is 9.50. The minimum Gasteiger partial charge on any atom is -0.348 e. The molecule has 0 heterocycles. The van der Waals surface area contributed by atoms with Gasteiger partial charge < -0.3 is 5.32 Å². The van der Waals surface area contributed by atoms with Crippen molar-refractivity contribution < 1.29 is 13.2 Å². The molecular formula is C20H26N2O3S. The van der Waals surface area contributed by atoms with E-state index < -0.39 is 10.0 Å². The highest BCUT2D eigenvalue weighted by Crippen LogP contribution is 2.11. The van der Waals surface area contributed by atoms with E-state index in [1.807, 2.05) is 31.2 Å². The SMILES string of the molecule is CCCCCNS(=O)(=O)c1ccc(C(=O)NCc2cccc(C)c2)cc1. The van der Waals surface area contributed by atoms with E-state index in [4.69, 9.17) is 0 Å². The largest absolute Gasteiger partial charge is 0.348 e. The van der Waals surface area contributed by atoms with Gasteiger partial charge in [0.05, 0.1) is 4.90 Å². The summed E-state index contributed by atoms with van der Waals surface area (Å²) >= 11 is 0. The summed E-state index contributed by atoms with van der Waals surface area (Å²) in [5, 5.41) is 2.84. The lowest BCUT2D eigenvalue weighted by atomic mass is 10.1. The first kappa shape index (κ1) is 20.1. The molecule has 1 amide bonds. The molecule has 0 saturated carbocycles. The lowest BCUT2D eigenvalue weighted by Crippen LogP contribution is -2.25. The van der Waals surface area contributed by atoms with Crippen LogP contribution in [-0.2, 0) is 16.6 Å². The predicted octanol–water partition coefficient (Wildman–Crippen LogP) is 3.39. The van der Waals surface area contributed by atoms with Crippen molar-refractivity contribution in [1.82, 2.24) is 10.0 Å². The summed E-state index contributed by atoms with van der Waals surface area (Å²) in [6, 6.07) is 13.9. The molecule has 0 bridgehead atoms. The van der Waals surface area contributed by atoms with Crippen LogP contribution in [0.4, 0.5) is 0 Å². The van der Waals surface area contributed by atoms with E-state index in [0.29, 0.717) is 18.7 Å². The van der Waals surface area contributed by atoms with Crippen LogP contribution in [-0.4, -0.2) is 20.9 Å². The molecule has 0 spiro atoms. The lowest BCUT2D eigenvalue weighted by molar-refractivity contribution is 0.0951. The third-order valence-corrected chi connectivity index (χ3v) is 5.51. The molecule has 0 fully saturated rings. The van der Waals surface area contributed by atoms with Crippen molar-refractivity contribution >= 4 is 15.9 Å². The number of rotatable bonds is 9. The molecular weight excluding hydrogens is 348 g/mol. The lowest BCUT2D eigenvalue weighted by Gasteiger charge is -2.08. The number of sulfonamides is 1. The first-order chi connectivity index (χ1) is 12.4. The van der Waals surface area contributed by atoms with Crippen LogP contribution in [0.3, 0.4) is 0 Å². The molecule has 2 aromatic carbocycles. The summed E-state index contributed by atoms with van der Waals surface area (Å²) in [6.07, 6.45) is 2.84. The molecule has 0 atom stereocenters. The quantitative estimate of drug-likeness (QED) is 0.661. The van der Waals surface area contributed by atoms with E-state index in [9.17, 15) is 13.2 Å². The van der Waals surface area contributed by atoms with Gasteiger partial charge in [-0.1, -0.05) is 49.6 Å². The number of benzene rings is 2. The third kappa shape index (κ3) is 5.97. The van der Waals surface area contributed by atoms with E-state index in [1.54, 1.807) is 0 Å². The van der Waals surface area contributed by atoms with E-state index >= 15 is 0 Å². The minimum atomic E-state index is -3.52. The standard InChI is InChI=1S/C20H26N2O3S/c1-3-4-5-13-22-26(24,25)19-11-9-18(10-12-19)20(23)21-15-17-8-6-7-16(2)14-17/h6-12,14,22H,3-5,13,15H2,1-2H3,(H,21,23). The number of hydrogen-bond donors (Lipinski definition) is 2. The monoisotopic (exact) mass is 374 g/mol. The molecule has 0 aliphatic rings. The molecule has 0 aliphatic carbocycles. The third-order valence-electron chi connectivity index (χ3n) is 4.03. The van der Waals surface area contributed by atoms with Crippen molar-refractivity contribution in [2.24, 2.45) is 0 Å². The van der Waals surface area contributed by atoms with Gasteiger partial charge in [0.2, 0.25) is 10.0 Å². The number of unbranched alkanes of at least 4 members (excludes halogenated alkanes) is 2. The van der Waals surface area contributed by atoms with Gasteiger partial charge in [0.1, 0.15) is 0 Å². The van der Waals surface area contributed by atoms with Crippen LogP contribution in [0.1, 0.15) is 47.7 Å². The van der Waals surface area contributed by atoms with Crippen molar-refractivity contribution in [3.05, 3.63) is 65.2 Å². The number of hydrogen-bond acceptors (Lipinski definition) is 3. The summed E-state index contributed by atoms with van der Waals surface area (Å²) in [6.45, 7) is 4.92. The Kier molecular flexibility index (Phi) is 7.36. The molecule has 2 aromatic rings. The smallest absolute Gasteiger partial charge is 0.251 e. The van der Waals surface area contributed by atoms with E-state index in [-0.39, 0.29) is 10.8 Å². The zero-order valence-electron chi connectivity index (χ0n) is 15.3. The average molecular weight is 375 g/mol. The van der Waals surface area contributed by atoms with Crippen molar-refractivity contribution in [3.8, 4) is 0 Å². The number of carbonyl (C=O) groups excluding carboxylic acids is 1. The Hall–Kier alpha value is -2.18. The molecule has 0 radical (unpaired) electrons. The normalized spacial score (nSPS) is 11.3. The Morgan fingerprint density at radius 2 is 1.77 bits per heavy atom. The average Bonchev–Trinajstić information content (AvgIpc) is 2.63. The molecule has 0 aromatic heterocycles. The van der Waals surface area contributed by atoms with Gasteiger partial charge in [-0.25, -0.2) is 13.1 Å². The topological polar surface area (TPSA) is 75.3 Å². The van der Waals surface area contributed by atoms with E-state index in [0.717, 1.165) is 30.4 Å². The van der Waals surface area contributed by atoms with Crippen molar-refractivity contribution in [1.29, 1.82) is 0 Å².